The van der Waals surface area contributed by atoms with Gasteiger partial charge in [-0.2, -0.15) is 0 Å². The molecular formula is C10H15N3O. The monoisotopic (exact) mass is 193 g/mol. The molecule has 0 bridgehead atoms. The number of carbonyl (C=O) groups excluding carboxylic acids is 1. The summed E-state index contributed by atoms with van der Waals surface area (Å²) in [7, 11) is 0. The number of nitrogens with one attached hydrogen (secondary N) is 1. The Kier molecular flexibility index (Phi) is 4.07. The Bertz CT molecular complexity index is 287. The van der Waals surface area contributed by atoms with Crippen LogP contribution in [0, 0.1) is 5.92 Å². The largest absolute Gasteiger partial charge is 0.352 e. The van der Waals surface area contributed by atoms with Crippen molar-refractivity contribution in [3.8, 4) is 0 Å². The van der Waals surface area contributed by atoms with Gasteiger partial charge >= 0.3 is 0 Å². The molecule has 3 N–H and O–H groups in total. The lowest BCUT2D eigenvalue weighted by Crippen LogP contribution is -2.32. The number of amides is 1. The maximum absolute atomic E-state index is 11.3. The summed E-state index contributed by atoms with van der Waals surface area (Å²) in [6, 6.07) is 3.76. The predicted octanol–water partition coefficient (Wildman–Crippen LogP) is 0.293. The second-order valence-corrected chi connectivity index (χ2v) is 3.22. The zero-order valence-corrected chi connectivity index (χ0v) is 8.23. The van der Waals surface area contributed by atoms with Gasteiger partial charge < -0.3 is 11.1 Å². The maximum atomic E-state index is 11.3. The molecule has 0 radical (unpaired) electrons. The third-order valence-corrected chi connectivity index (χ3v) is 1.99. The lowest BCUT2D eigenvalue weighted by Gasteiger charge is -2.09. The molecule has 1 amide bonds. The van der Waals surface area contributed by atoms with E-state index in [1.165, 1.54) is 0 Å². The van der Waals surface area contributed by atoms with Crippen LogP contribution in [0.15, 0.2) is 24.5 Å². The van der Waals surface area contributed by atoms with E-state index in [0.717, 1.165) is 5.56 Å². The fourth-order valence-electron chi connectivity index (χ4n) is 0.973. The molecule has 1 heterocycles. The number of carbonyl (C=O) groups is 1. The van der Waals surface area contributed by atoms with Crippen molar-refractivity contribution in [1.82, 2.24) is 10.3 Å². The van der Waals surface area contributed by atoms with Crippen molar-refractivity contribution >= 4 is 5.91 Å². The van der Waals surface area contributed by atoms with Gasteiger partial charge in [0.1, 0.15) is 0 Å². The van der Waals surface area contributed by atoms with Crippen LogP contribution in [0.25, 0.3) is 0 Å². The minimum atomic E-state index is -0.133. The Morgan fingerprint density at radius 3 is 3.07 bits per heavy atom. The molecule has 0 saturated carbocycles. The number of pyridine rings is 1. The van der Waals surface area contributed by atoms with E-state index in [1.807, 2.05) is 12.1 Å². The zero-order valence-electron chi connectivity index (χ0n) is 8.23. The van der Waals surface area contributed by atoms with Crippen LogP contribution >= 0.6 is 0 Å². The summed E-state index contributed by atoms with van der Waals surface area (Å²) in [5.74, 6) is -0.150. The predicted molar refractivity (Wildman–Crippen MR) is 54.3 cm³/mol. The molecule has 0 fully saturated rings. The van der Waals surface area contributed by atoms with Gasteiger partial charge in [-0.25, -0.2) is 0 Å². The van der Waals surface area contributed by atoms with Crippen LogP contribution in [-0.4, -0.2) is 17.4 Å². The molecule has 0 saturated heterocycles. The fourth-order valence-corrected chi connectivity index (χ4v) is 0.973. The fraction of sp³-hybridized carbons (Fsp3) is 0.400. The maximum Gasteiger partial charge on any atom is 0.224 e. The van der Waals surface area contributed by atoms with E-state index in [2.05, 4.69) is 10.3 Å². The third-order valence-electron chi connectivity index (χ3n) is 1.99. The second-order valence-electron chi connectivity index (χ2n) is 3.22. The van der Waals surface area contributed by atoms with Crippen molar-refractivity contribution in [3.05, 3.63) is 30.1 Å². The molecule has 4 heteroatoms. The van der Waals surface area contributed by atoms with Crippen molar-refractivity contribution in [1.29, 1.82) is 0 Å². The van der Waals surface area contributed by atoms with Crippen LogP contribution in [-0.2, 0) is 11.3 Å². The SMILES string of the molecule is CC(CN)C(=O)NCc1cccnc1. The number of hydrogen-bond acceptors (Lipinski definition) is 3. The van der Waals surface area contributed by atoms with Crippen LogP contribution < -0.4 is 11.1 Å². The molecular weight excluding hydrogens is 178 g/mol. The third kappa shape index (κ3) is 3.14. The van der Waals surface area contributed by atoms with Crippen LogP contribution in [0.4, 0.5) is 0 Å². The Hall–Kier alpha value is -1.42. The normalized spacial score (nSPS) is 12.1. The van der Waals surface area contributed by atoms with E-state index in [0.29, 0.717) is 13.1 Å². The Labute approximate surface area is 83.5 Å². The minimum absolute atomic E-state index is 0.0173. The van der Waals surface area contributed by atoms with Gasteiger partial charge in [-0.3, -0.25) is 9.78 Å². The van der Waals surface area contributed by atoms with Gasteiger partial charge in [0, 0.05) is 31.4 Å². The summed E-state index contributed by atoms with van der Waals surface area (Å²) < 4.78 is 0. The number of nitrogens with zero attached hydrogens (tertiary/aromatic N) is 1. The number of rotatable bonds is 4. The summed E-state index contributed by atoms with van der Waals surface area (Å²) in [6.07, 6.45) is 3.43. The van der Waals surface area contributed by atoms with Crippen LogP contribution in [0.1, 0.15) is 12.5 Å². The summed E-state index contributed by atoms with van der Waals surface area (Å²) in [5, 5.41) is 2.79. The summed E-state index contributed by atoms with van der Waals surface area (Å²) in [4.78, 5) is 15.3. The molecule has 0 aliphatic heterocycles. The minimum Gasteiger partial charge on any atom is -0.352 e. The molecule has 0 aliphatic carbocycles. The quantitative estimate of drug-likeness (QED) is 0.722. The Morgan fingerprint density at radius 2 is 2.50 bits per heavy atom. The molecule has 0 aliphatic rings. The summed E-state index contributed by atoms with van der Waals surface area (Å²) in [6.45, 7) is 2.69. The zero-order chi connectivity index (χ0) is 10.4. The number of hydrogen-bond donors (Lipinski definition) is 2. The van der Waals surface area contributed by atoms with Gasteiger partial charge in [0.15, 0.2) is 0 Å². The molecule has 1 aromatic rings. The van der Waals surface area contributed by atoms with Crippen LogP contribution in [0.3, 0.4) is 0 Å². The molecule has 0 aromatic carbocycles. The standard InChI is InChI=1S/C10H15N3O/c1-8(5-11)10(14)13-7-9-3-2-4-12-6-9/h2-4,6,8H,5,7,11H2,1H3,(H,13,14). The Balaban J connectivity index is 2.38. The van der Waals surface area contributed by atoms with E-state index in [9.17, 15) is 4.79 Å². The molecule has 0 spiro atoms. The van der Waals surface area contributed by atoms with Crippen LogP contribution in [0.5, 0.6) is 0 Å². The van der Waals surface area contributed by atoms with E-state index < -0.39 is 0 Å². The van der Waals surface area contributed by atoms with Crippen molar-refractivity contribution in [2.75, 3.05) is 6.54 Å². The molecule has 76 valence electrons. The van der Waals surface area contributed by atoms with Crippen molar-refractivity contribution < 1.29 is 4.79 Å². The molecule has 1 aromatic heterocycles. The lowest BCUT2D eigenvalue weighted by atomic mass is 10.1. The first-order valence-electron chi connectivity index (χ1n) is 4.60. The summed E-state index contributed by atoms with van der Waals surface area (Å²) in [5.41, 5.74) is 6.36. The molecule has 4 nitrogen and oxygen atoms in total. The van der Waals surface area contributed by atoms with Crippen molar-refractivity contribution in [2.24, 2.45) is 11.7 Å². The first-order chi connectivity index (χ1) is 6.74. The highest BCUT2D eigenvalue weighted by Gasteiger charge is 2.09. The van der Waals surface area contributed by atoms with Crippen molar-refractivity contribution in [3.63, 3.8) is 0 Å². The first kappa shape index (κ1) is 10.7. The molecule has 1 unspecified atom stereocenters. The highest BCUT2D eigenvalue weighted by atomic mass is 16.1. The van der Waals surface area contributed by atoms with E-state index in [1.54, 1.807) is 19.3 Å². The van der Waals surface area contributed by atoms with E-state index in [-0.39, 0.29) is 11.8 Å². The van der Waals surface area contributed by atoms with Gasteiger partial charge in [-0.1, -0.05) is 13.0 Å². The molecule has 1 rings (SSSR count). The Morgan fingerprint density at radius 1 is 1.71 bits per heavy atom. The number of nitrogens with two attached hydrogens (primary N) is 1. The van der Waals surface area contributed by atoms with Crippen molar-refractivity contribution in [2.45, 2.75) is 13.5 Å². The topological polar surface area (TPSA) is 68.0 Å². The van der Waals surface area contributed by atoms with Gasteiger partial charge in [-0.15, -0.1) is 0 Å². The molecule has 14 heavy (non-hydrogen) atoms. The van der Waals surface area contributed by atoms with Crippen LogP contribution in [0.2, 0.25) is 0 Å². The highest BCUT2D eigenvalue weighted by Crippen LogP contribution is 1.96. The lowest BCUT2D eigenvalue weighted by molar-refractivity contribution is -0.124. The smallest absolute Gasteiger partial charge is 0.224 e. The van der Waals surface area contributed by atoms with E-state index in [4.69, 9.17) is 5.73 Å². The number of aromatic nitrogens is 1. The average molecular weight is 193 g/mol. The highest BCUT2D eigenvalue weighted by molar-refractivity contribution is 5.78. The van der Waals surface area contributed by atoms with E-state index >= 15 is 0 Å². The summed E-state index contributed by atoms with van der Waals surface area (Å²) >= 11 is 0. The average Bonchev–Trinajstić information content (AvgIpc) is 2.26. The van der Waals surface area contributed by atoms with Gasteiger partial charge in [0.25, 0.3) is 0 Å². The molecule has 1 atom stereocenters. The van der Waals surface area contributed by atoms with Gasteiger partial charge in [0.05, 0.1) is 0 Å². The van der Waals surface area contributed by atoms with Gasteiger partial charge in [-0.05, 0) is 11.6 Å². The first-order valence-corrected chi connectivity index (χ1v) is 4.60. The van der Waals surface area contributed by atoms with Gasteiger partial charge in [0.2, 0.25) is 5.91 Å². The second kappa shape index (κ2) is 5.34.